The van der Waals surface area contributed by atoms with Crippen molar-refractivity contribution < 1.29 is 14.3 Å². The number of nitrogens with two attached hydrogens (primary N) is 1. The average Bonchev–Trinajstić information content (AvgIpc) is 3.31. The Balaban J connectivity index is 1.76. The van der Waals surface area contributed by atoms with Crippen molar-refractivity contribution in [1.82, 2.24) is 19.6 Å². The standard InChI is InChI=1S/C21H16ClN5O3/c1-12-25-26-20(30-12)21(2,29)9-8-13-4-3-5-14(10-13)17-16-7-6-15(22)11-27(16)19(24-17)18(23)28/h3-7,10-11,29H,1-2H3,(H2,23,28)/t21-/m1/s1. The number of amides is 1. The molecule has 150 valence electrons. The van der Waals surface area contributed by atoms with Crippen LogP contribution in [0.1, 0.15) is 34.9 Å². The molecule has 0 spiro atoms. The van der Waals surface area contributed by atoms with Gasteiger partial charge in [-0.3, -0.25) is 9.20 Å². The molecule has 0 aliphatic rings. The van der Waals surface area contributed by atoms with Crippen LogP contribution in [0.25, 0.3) is 16.8 Å². The first-order valence-corrected chi connectivity index (χ1v) is 9.26. The summed E-state index contributed by atoms with van der Waals surface area (Å²) in [5.41, 5.74) is 6.45. The minimum atomic E-state index is -1.60. The number of primary amides is 1. The van der Waals surface area contributed by atoms with E-state index in [1.807, 2.05) is 6.07 Å². The molecule has 3 aromatic heterocycles. The van der Waals surface area contributed by atoms with Crippen molar-refractivity contribution in [2.75, 3.05) is 0 Å². The Morgan fingerprint density at radius 1 is 1.30 bits per heavy atom. The van der Waals surface area contributed by atoms with Crippen LogP contribution < -0.4 is 5.73 Å². The van der Waals surface area contributed by atoms with Crippen LogP contribution in [-0.4, -0.2) is 30.6 Å². The first-order chi connectivity index (χ1) is 14.2. The number of aryl methyl sites for hydroxylation is 1. The molecule has 9 heteroatoms. The molecule has 0 aliphatic carbocycles. The lowest BCUT2D eigenvalue weighted by atomic mass is 10.0. The summed E-state index contributed by atoms with van der Waals surface area (Å²) in [6, 6.07) is 10.7. The molecule has 0 fully saturated rings. The number of rotatable bonds is 3. The maximum absolute atomic E-state index is 11.8. The number of aliphatic hydroxyl groups is 1. The Labute approximate surface area is 176 Å². The zero-order valence-electron chi connectivity index (χ0n) is 16.0. The monoisotopic (exact) mass is 421 g/mol. The van der Waals surface area contributed by atoms with Gasteiger partial charge >= 0.3 is 0 Å². The highest BCUT2D eigenvalue weighted by Gasteiger charge is 2.27. The number of halogens is 1. The van der Waals surface area contributed by atoms with Crippen molar-refractivity contribution in [2.45, 2.75) is 19.4 Å². The summed E-state index contributed by atoms with van der Waals surface area (Å²) in [4.78, 5) is 16.2. The van der Waals surface area contributed by atoms with Gasteiger partial charge in [-0.2, -0.15) is 0 Å². The van der Waals surface area contributed by atoms with Gasteiger partial charge in [0.25, 0.3) is 11.8 Å². The predicted octanol–water partition coefficient (Wildman–Crippen LogP) is 2.70. The zero-order valence-corrected chi connectivity index (χ0v) is 16.8. The van der Waals surface area contributed by atoms with Gasteiger partial charge in [0.1, 0.15) is 0 Å². The minimum absolute atomic E-state index is 0.0201. The van der Waals surface area contributed by atoms with Crippen molar-refractivity contribution in [3.63, 3.8) is 0 Å². The van der Waals surface area contributed by atoms with Crippen LogP contribution in [0.15, 0.2) is 47.0 Å². The second-order valence-corrected chi connectivity index (χ2v) is 7.22. The summed E-state index contributed by atoms with van der Waals surface area (Å²) in [5.74, 6) is 5.43. The van der Waals surface area contributed by atoms with Crippen molar-refractivity contribution in [3.8, 4) is 23.1 Å². The molecule has 0 aliphatic heterocycles. The topological polar surface area (TPSA) is 120 Å². The quantitative estimate of drug-likeness (QED) is 0.491. The highest BCUT2D eigenvalue weighted by molar-refractivity contribution is 6.30. The molecule has 0 saturated carbocycles. The Bertz CT molecular complexity index is 1340. The normalized spacial score (nSPS) is 12.9. The van der Waals surface area contributed by atoms with E-state index in [2.05, 4.69) is 27.0 Å². The molecule has 4 rings (SSSR count). The SMILES string of the molecule is Cc1nnc([C@](C)(O)C#Cc2cccc(-c3nc(C(N)=O)n4cc(Cl)ccc34)c2)o1. The molecule has 4 aromatic rings. The van der Waals surface area contributed by atoms with Gasteiger partial charge in [0, 0.05) is 24.2 Å². The molecule has 8 nitrogen and oxygen atoms in total. The number of imidazole rings is 1. The zero-order chi connectivity index (χ0) is 21.5. The fraction of sp³-hybridized carbons (Fsp3) is 0.143. The van der Waals surface area contributed by atoms with Gasteiger partial charge in [-0.1, -0.05) is 35.6 Å². The van der Waals surface area contributed by atoms with Crippen LogP contribution in [0.5, 0.6) is 0 Å². The van der Waals surface area contributed by atoms with E-state index in [0.717, 1.165) is 5.56 Å². The molecule has 1 amide bonds. The lowest BCUT2D eigenvalue weighted by Crippen LogP contribution is -2.19. The number of carbonyl (C=O) groups is 1. The highest BCUT2D eigenvalue weighted by Crippen LogP contribution is 2.27. The van der Waals surface area contributed by atoms with Crippen LogP contribution >= 0.6 is 11.6 Å². The number of hydrogen-bond acceptors (Lipinski definition) is 6. The number of fused-ring (bicyclic) bond motifs is 1. The second-order valence-electron chi connectivity index (χ2n) is 6.78. The maximum Gasteiger partial charge on any atom is 0.285 e. The molecular weight excluding hydrogens is 406 g/mol. The second kappa shape index (κ2) is 7.30. The molecule has 0 unspecified atom stereocenters. The summed E-state index contributed by atoms with van der Waals surface area (Å²) in [6.45, 7) is 3.11. The average molecular weight is 422 g/mol. The van der Waals surface area contributed by atoms with Crippen LogP contribution in [-0.2, 0) is 5.60 Å². The Kier molecular flexibility index (Phi) is 4.78. The number of aromatic nitrogens is 4. The first kappa shape index (κ1) is 19.6. The Morgan fingerprint density at radius 3 is 2.80 bits per heavy atom. The third-order valence-corrected chi connectivity index (χ3v) is 4.57. The summed E-state index contributed by atoms with van der Waals surface area (Å²) in [6.07, 6.45) is 1.58. The van der Waals surface area contributed by atoms with E-state index in [4.69, 9.17) is 21.8 Å². The van der Waals surface area contributed by atoms with Gasteiger partial charge < -0.3 is 15.3 Å². The molecular formula is C21H16ClN5O3. The van der Waals surface area contributed by atoms with Crippen molar-refractivity contribution >= 4 is 23.0 Å². The van der Waals surface area contributed by atoms with Gasteiger partial charge in [0.15, 0.2) is 0 Å². The first-order valence-electron chi connectivity index (χ1n) is 8.88. The van der Waals surface area contributed by atoms with Gasteiger partial charge in [-0.05, 0) is 31.2 Å². The van der Waals surface area contributed by atoms with Crippen molar-refractivity contribution in [3.05, 3.63) is 70.8 Å². The fourth-order valence-electron chi connectivity index (χ4n) is 2.93. The number of benzene rings is 1. The van der Waals surface area contributed by atoms with Crippen LogP contribution in [0.2, 0.25) is 5.02 Å². The van der Waals surface area contributed by atoms with E-state index in [-0.39, 0.29) is 11.7 Å². The van der Waals surface area contributed by atoms with Gasteiger partial charge in [0.2, 0.25) is 17.3 Å². The Morgan fingerprint density at radius 2 is 2.10 bits per heavy atom. The van der Waals surface area contributed by atoms with Crippen molar-refractivity contribution in [1.29, 1.82) is 0 Å². The predicted molar refractivity (Wildman–Crippen MR) is 110 cm³/mol. The molecule has 3 N–H and O–H groups in total. The number of pyridine rings is 1. The molecule has 30 heavy (non-hydrogen) atoms. The Hall–Kier alpha value is -3.67. The lowest BCUT2D eigenvalue weighted by Gasteiger charge is -2.09. The van der Waals surface area contributed by atoms with Gasteiger partial charge in [0.05, 0.1) is 16.2 Å². The van der Waals surface area contributed by atoms with E-state index in [9.17, 15) is 9.90 Å². The fourth-order valence-corrected chi connectivity index (χ4v) is 3.09. The summed E-state index contributed by atoms with van der Waals surface area (Å²) in [5, 5.41) is 18.5. The van der Waals surface area contributed by atoms with Gasteiger partial charge in [-0.25, -0.2) is 4.98 Å². The van der Waals surface area contributed by atoms with Crippen LogP contribution in [0, 0.1) is 18.8 Å². The van der Waals surface area contributed by atoms with Crippen LogP contribution in [0.4, 0.5) is 0 Å². The number of nitrogens with zero attached hydrogens (tertiary/aromatic N) is 4. The molecule has 1 atom stereocenters. The van der Waals surface area contributed by atoms with E-state index in [1.165, 1.54) is 6.92 Å². The smallest absolute Gasteiger partial charge is 0.285 e. The highest BCUT2D eigenvalue weighted by atomic mass is 35.5. The third kappa shape index (κ3) is 3.64. The van der Waals surface area contributed by atoms with Crippen molar-refractivity contribution in [2.24, 2.45) is 5.73 Å². The van der Waals surface area contributed by atoms with E-state index < -0.39 is 11.5 Å². The number of carbonyl (C=O) groups excluding carboxylic acids is 1. The summed E-state index contributed by atoms with van der Waals surface area (Å²) in [7, 11) is 0. The van der Waals surface area contributed by atoms with E-state index >= 15 is 0 Å². The summed E-state index contributed by atoms with van der Waals surface area (Å²) >= 11 is 6.05. The van der Waals surface area contributed by atoms with E-state index in [1.54, 1.807) is 47.9 Å². The molecule has 0 radical (unpaired) electrons. The summed E-state index contributed by atoms with van der Waals surface area (Å²) < 4.78 is 6.83. The molecule has 1 aromatic carbocycles. The minimum Gasteiger partial charge on any atom is -0.421 e. The molecule has 0 saturated heterocycles. The van der Waals surface area contributed by atoms with Gasteiger partial charge in [-0.15, -0.1) is 10.2 Å². The maximum atomic E-state index is 11.8. The lowest BCUT2D eigenvalue weighted by molar-refractivity contribution is 0.0881. The molecule has 3 heterocycles. The van der Waals surface area contributed by atoms with Crippen LogP contribution in [0.3, 0.4) is 0 Å². The largest absolute Gasteiger partial charge is 0.421 e. The van der Waals surface area contributed by atoms with E-state index in [0.29, 0.717) is 27.7 Å². The molecule has 0 bridgehead atoms. The number of hydrogen-bond donors (Lipinski definition) is 2. The third-order valence-electron chi connectivity index (χ3n) is 4.35.